The number of hydrogen-bond donors (Lipinski definition) is 2. The van der Waals surface area contributed by atoms with Crippen LogP contribution in [0.5, 0.6) is 0 Å². The first-order valence-electron chi connectivity index (χ1n) is 7.27. The number of hydrogen-bond acceptors (Lipinski definition) is 4. The summed E-state index contributed by atoms with van der Waals surface area (Å²) < 4.78 is 40.3. The molecule has 0 amide bonds. The number of aryl methyl sites for hydroxylation is 1. The molecule has 0 aliphatic carbocycles. The number of benzene rings is 1. The van der Waals surface area contributed by atoms with E-state index in [0.29, 0.717) is 23.0 Å². The summed E-state index contributed by atoms with van der Waals surface area (Å²) in [4.78, 5) is 4.21. The van der Waals surface area contributed by atoms with Crippen LogP contribution in [-0.2, 0) is 10.0 Å². The van der Waals surface area contributed by atoms with Gasteiger partial charge in [-0.2, -0.15) is 0 Å². The molecule has 0 radical (unpaired) electrons. The lowest BCUT2D eigenvalue weighted by Gasteiger charge is -2.11. The number of nitrogens with one attached hydrogen (secondary N) is 2. The Morgan fingerprint density at radius 2 is 1.96 bits per heavy atom. The van der Waals surface area contributed by atoms with Crippen molar-refractivity contribution in [2.24, 2.45) is 5.92 Å². The van der Waals surface area contributed by atoms with E-state index in [1.807, 2.05) is 0 Å². The van der Waals surface area contributed by atoms with Gasteiger partial charge in [0.25, 0.3) is 10.0 Å². The maximum atomic E-state index is 13.1. The molecule has 1 aromatic carbocycles. The van der Waals surface area contributed by atoms with Crippen LogP contribution < -0.4 is 10.0 Å². The van der Waals surface area contributed by atoms with Crippen molar-refractivity contribution in [2.45, 2.75) is 25.7 Å². The molecule has 0 spiro atoms. The first kappa shape index (κ1) is 17.2. The van der Waals surface area contributed by atoms with Gasteiger partial charge in [0.15, 0.2) is 0 Å². The summed E-state index contributed by atoms with van der Waals surface area (Å²) in [6.07, 6.45) is 1.44. The zero-order chi connectivity index (χ0) is 17.0. The van der Waals surface area contributed by atoms with Crippen LogP contribution in [0.1, 0.15) is 19.4 Å². The summed E-state index contributed by atoms with van der Waals surface area (Å²) in [5.74, 6) is 0.694. The van der Waals surface area contributed by atoms with Crippen LogP contribution in [0, 0.1) is 18.7 Å². The smallest absolute Gasteiger partial charge is 0.262 e. The quantitative estimate of drug-likeness (QED) is 0.847. The molecular weight excluding hydrogens is 317 g/mol. The predicted molar refractivity (Wildman–Crippen MR) is 89.5 cm³/mol. The van der Waals surface area contributed by atoms with E-state index >= 15 is 0 Å². The van der Waals surface area contributed by atoms with E-state index in [-0.39, 0.29) is 4.90 Å². The molecule has 2 rings (SSSR count). The average molecular weight is 337 g/mol. The molecule has 1 aromatic heterocycles. The van der Waals surface area contributed by atoms with Crippen molar-refractivity contribution >= 4 is 21.5 Å². The Balaban J connectivity index is 2.14. The molecule has 2 aromatic rings. The number of anilines is 2. The highest BCUT2D eigenvalue weighted by Crippen LogP contribution is 2.20. The minimum Gasteiger partial charge on any atom is -0.370 e. The minimum absolute atomic E-state index is 0.0425. The van der Waals surface area contributed by atoms with Crippen LogP contribution in [-0.4, -0.2) is 19.9 Å². The van der Waals surface area contributed by atoms with Gasteiger partial charge >= 0.3 is 0 Å². The highest BCUT2D eigenvalue weighted by Gasteiger charge is 2.17. The molecule has 0 saturated heterocycles. The third-order valence-electron chi connectivity index (χ3n) is 3.13. The average Bonchev–Trinajstić information content (AvgIpc) is 2.45. The van der Waals surface area contributed by atoms with Gasteiger partial charge in [-0.1, -0.05) is 13.8 Å². The Labute approximate surface area is 136 Å². The summed E-state index contributed by atoms with van der Waals surface area (Å²) in [6.45, 7) is 6.50. The van der Waals surface area contributed by atoms with Gasteiger partial charge < -0.3 is 5.32 Å². The molecule has 0 aliphatic rings. The molecule has 124 valence electrons. The Bertz CT molecular complexity index is 774. The van der Waals surface area contributed by atoms with Crippen LogP contribution in [0.15, 0.2) is 41.4 Å². The van der Waals surface area contributed by atoms with Crippen LogP contribution in [0.25, 0.3) is 0 Å². The number of nitrogens with zero attached hydrogens (tertiary/aromatic N) is 1. The van der Waals surface area contributed by atoms with Gasteiger partial charge in [0.1, 0.15) is 11.6 Å². The fraction of sp³-hybridized carbons (Fsp3) is 0.312. The molecule has 0 aliphatic heterocycles. The summed E-state index contributed by atoms with van der Waals surface area (Å²) in [5, 5.41) is 3.15. The maximum absolute atomic E-state index is 13.1. The highest BCUT2D eigenvalue weighted by molar-refractivity contribution is 7.92. The highest BCUT2D eigenvalue weighted by atomic mass is 32.2. The second-order valence-electron chi connectivity index (χ2n) is 5.72. The minimum atomic E-state index is -3.78. The van der Waals surface area contributed by atoms with Gasteiger partial charge in [-0.25, -0.2) is 17.8 Å². The van der Waals surface area contributed by atoms with E-state index in [9.17, 15) is 12.8 Å². The zero-order valence-electron chi connectivity index (χ0n) is 13.3. The van der Waals surface area contributed by atoms with Crippen molar-refractivity contribution in [3.8, 4) is 0 Å². The monoisotopic (exact) mass is 337 g/mol. The van der Waals surface area contributed by atoms with Gasteiger partial charge in [-0.3, -0.25) is 4.72 Å². The Morgan fingerprint density at radius 3 is 2.52 bits per heavy atom. The second kappa shape index (κ2) is 6.95. The molecule has 0 fully saturated rings. The van der Waals surface area contributed by atoms with Crippen molar-refractivity contribution in [3.05, 3.63) is 47.9 Å². The molecule has 2 N–H and O–H groups in total. The summed E-state index contributed by atoms with van der Waals surface area (Å²) in [6, 6.07) is 6.90. The van der Waals surface area contributed by atoms with Crippen LogP contribution >= 0.6 is 0 Å². The van der Waals surface area contributed by atoms with Crippen molar-refractivity contribution < 1.29 is 12.8 Å². The van der Waals surface area contributed by atoms with E-state index in [4.69, 9.17) is 0 Å². The third kappa shape index (κ3) is 4.66. The van der Waals surface area contributed by atoms with Gasteiger partial charge in [0.2, 0.25) is 0 Å². The number of rotatable bonds is 6. The van der Waals surface area contributed by atoms with E-state index in [1.54, 1.807) is 19.1 Å². The predicted octanol–water partition coefficient (Wildman–Crippen LogP) is 3.40. The number of aromatic nitrogens is 1. The summed E-state index contributed by atoms with van der Waals surface area (Å²) in [7, 11) is -3.78. The number of pyridine rings is 1. The van der Waals surface area contributed by atoms with Crippen molar-refractivity contribution in [2.75, 3.05) is 16.6 Å². The molecule has 23 heavy (non-hydrogen) atoms. The van der Waals surface area contributed by atoms with Crippen molar-refractivity contribution in [3.63, 3.8) is 0 Å². The van der Waals surface area contributed by atoms with E-state index in [2.05, 4.69) is 28.9 Å². The normalized spacial score (nSPS) is 11.5. The molecule has 7 heteroatoms. The van der Waals surface area contributed by atoms with Gasteiger partial charge in [-0.15, -0.1) is 0 Å². The summed E-state index contributed by atoms with van der Waals surface area (Å²) >= 11 is 0. The number of sulfonamides is 1. The lowest BCUT2D eigenvalue weighted by Crippen LogP contribution is -2.15. The van der Waals surface area contributed by atoms with E-state index in [0.717, 1.165) is 12.6 Å². The van der Waals surface area contributed by atoms with Crippen LogP contribution in [0.2, 0.25) is 0 Å². The second-order valence-corrected chi connectivity index (χ2v) is 7.37. The standard InChI is InChI=1S/C16H20FN3O2S/c1-11(2)9-18-16-7-5-14(10-19-16)20-23(21,22)15-6-4-13(17)8-12(15)3/h4-8,10-11,20H,9H2,1-3H3,(H,18,19). The first-order chi connectivity index (χ1) is 10.8. The maximum Gasteiger partial charge on any atom is 0.262 e. The molecule has 0 atom stereocenters. The molecular formula is C16H20FN3O2S. The SMILES string of the molecule is Cc1cc(F)ccc1S(=O)(=O)Nc1ccc(NCC(C)C)nc1. The lowest BCUT2D eigenvalue weighted by molar-refractivity contribution is 0.598. The fourth-order valence-corrected chi connectivity index (χ4v) is 3.26. The lowest BCUT2D eigenvalue weighted by atomic mass is 10.2. The molecule has 0 bridgehead atoms. The fourth-order valence-electron chi connectivity index (χ4n) is 1.99. The van der Waals surface area contributed by atoms with Gasteiger partial charge in [-0.05, 0) is 48.7 Å². The molecule has 5 nitrogen and oxygen atoms in total. The van der Waals surface area contributed by atoms with Gasteiger partial charge in [0, 0.05) is 6.54 Å². The molecule has 1 heterocycles. The Hall–Kier alpha value is -2.15. The van der Waals surface area contributed by atoms with Crippen LogP contribution in [0.3, 0.4) is 0 Å². The van der Waals surface area contributed by atoms with Crippen molar-refractivity contribution in [1.82, 2.24) is 4.98 Å². The van der Waals surface area contributed by atoms with E-state index < -0.39 is 15.8 Å². The first-order valence-corrected chi connectivity index (χ1v) is 8.75. The Kier molecular flexibility index (Phi) is 5.20. The largest absolute Gasteiger partial charge is 0.370 e. The summed E-state index contributed by atoms with van der Waals surface area (Å²) in [5.41, 5.74) is 0.699. The molecule has 0 saturated carbocycles. The van der Waals surface area contributed by atoms with Gasteiger partial charge in [0.05, 0.1) is 16.8 Å². The number of halogens is 1. The van der Waals surface area contributed by atoms with E-state index in [1.165, 1.54) is 18.3 Å². The van der Waals surface area contributed by atoms with Crippen LogP contribution in [0.4, 0.5) is 15.9 Å². The van der Waals surface area contributed by atoms with Crippen molar-refractivity contribution in [1.29, 1.82) is 0 Å². The third-order valence-corrected chi connectivity index (χ3v) is 4.68. The zero-order valence-corrected chi connectivity index (χ0v) is 14.1. The Morgan fingerprint density at radius 1 is 1.22 bits per heavy atom. The topological polar surface area (TPSA) is 71.1 Å². The molecule has 0 unspecified atom stereocenters.